The number of rotatable bonds is 5. The molecule has 0 radical (unpaired) electrons. The lowest BCUT2D eigenvalue weighted by atomic mass is 10.2. The van der Waals surface area contributed by atoms with Gasteiger partial charge in [0.25, 0.3) is 0 Å². The number of nitrogens with one attached hydrogen (secondary N) is 1. The number of urea groups is 1. The molecular formula is C16H20ClFN2O5. The molecule has 2 N–H and O–H groups in total. The highest BCUT2D eigenvalue weighted by atomic mass is 35.5. The smallest absolute Gasteiger partial charge is 0.328 e. The highest BCUT2D eigenvalue weighted by molar-refractivity contribution is 6.32. The maximum Gasteiger partial charge on any atom is 0.328 e. The molecule has 0 unspecified atom stereocenters. The summed E-state index contributed by atoms with van der Waals surface area (Å²) in [4.78, 5) is 25.5. The van der Waals surface area contributed by atoms with Crippen LogP contribution in [0, 0.1) is 5.82 Å². The molecule has 7 nitrogen and oxygen atoms in total. The highest BCUT2D eigenvalue weighted by Crippen LogP contribution is 2.32. The van der Waals surface area contributed by atoms with Gasteiger partial charge in [0.1, 0.15) is 17.6 Å². The molecule has 0 bridgehead atoms. The summed E-state index contributed by atoms with van der Waals surface area (Å²) < 4.78 is 31.3. The number of nitrogens with zero attached hydrogens (tertiary/aromatic N) is 1. The minimum Gasteiger partial charge on any atom is -0.489 e. The third kappa shape index (κ3) is 4.52. The van der Waals surface area contributed by atoms with E-state index in [0.717, 1.165) is 11.0 Å². The van der Waals surface area contributed by atoms with Gasteiger partial charge in [-0.25, -0.2) is 14.0 Å². The second-order valence-electron chi connectivity index (χ2n) is 5.91. The molecule has 1 aromatic rings. The quantitative estimate of drug-likeness (QED) is 0.771. The van der Waals surface area contributed by atoms with Gasteiger partial charge in [-0.1, -0.05) is 11.6 Å². The Kier molecular flexibility index (Phi) is 5.60. The largest absolute Gasteiger partial charge is 0.489 e. The van der Waals surface area contributed by atoms with Crippen molar-refractivity contribution in [1.82, 2.24) is 4.90 Å². The van der Waals surface area contributed by atoms with Crippen molar-refractivity contribution < 1.29 is 28.6 Å². The molecule has 2 amide bonds. The van der Waals surface area contributed by atoms with Gasteiger partial charge in [0.15, 0.2) is 0 Å². The summed E-state index contributed by atoms with van der Waals surface area (Å²) in [5, 5.41) is 6.95. The van der Waals surface area contributed by atoms with Crippen LogP contribution in [0.1, 0.15) is 20.3 Å². The summed E-state index contributed by atoms with van der Waals surface area (Å²) in [5.41, 5.74) is -0.145. The van der Waals surface area contributed by atoms with Crippen molar-refractivity contribution in [2.45, 2.75) is 38.5 Å². The first-order valence-electron chi connectivity index (χ1n) is 8.10. The molecule has 1 aromatic carbocycles. The van der Waals surface area contributed by atoms with Gasteiger partial charge in [-0.15, -0.1) is 0 Å². The van der Waals surface area contributed by atoms with Gasteiger partial charge >= 0.3 is 12.0 Å². The van der Waals surface area contributed by atoms with E-state index >= 15 is 0 Å². The number of β-amino-alcohol motifs (C(OH)–C–C–N with tert-alkyl or cyclic N) is 1. The van der Waals surface area contributed by atoms with E-state index in [-0.39, 0.29) is 35.5 Å². The molecule has 1 fully saturated rings. The number of aliphatic hydroxyl groups excluding tert-OH is 1. The number of hydrogen-bond acceptors (Lipinski definition) is 5. The lowest BCUT2D eigenvalue weighted by molar-refractivity contribution is -0.144. The van der Waals surface area contributed by atoms with Crippen LogP contribution in [0.25, 0.3) is 0 Å². The minimum absolute atomic E-state index is 0.000337. The summed E-state index contributed by atoms with van der Waals surface area (Å²) in [7, 11) is 1.20. The van der Waals surface area contributed by atoms with E-state index in [2.05, 4.69) is 15.2 Å². The molecule has 0 spiro atoms. The van der Waals surface area contributed by atoms with Crippen molar-refractivity contribution in [1.29, 1.82) is 1.43 Å². The summed E-state index contributed by atoms with van der Waals surface area (Å²) in [6.07, 6.45) is -0.715. The monoisotopic (exact) mass is 375 g/mol. The number of likely N-dealkylation sites (tertiary alicyclic amines) is 1. The molecule has 0 saturated carbocycles. The van der Waals surface area contributed by atoms with Crippen LogP contribution in [-0.4, -0.2) is 55.3 Å². The van der Waals surface area contributed by atoms with Gasteiger partial charge in [-0.2, -0.15) is 0 Å². The third-order valence-corrected chi connectivity index (χ3v) is 3.92. The number of carbonyl (C=O) groups is 2. The van der Waals surface area contributed by atoms with Crippen molar-refractivity contribution in [2.24, 2.45) is 0 Å². The normalized spacial score (nSPS) is 20.4. The number of benzene rings is 1. The Balaban J connectivity index is 2.21. The van der Waals surface area contributed by atoms with E-state index < -0.39 is 30.0 Å². The maximum atomic E-state index is 14.2. The summed E-state index contributed by atoms with van der Waals surface area (Å²) in [5.74, 6) is -1.17. The van der Waals surface area contributed by atoms with Crippen LogP contribution >= 0.6 is 11.6 Å². The van der Waals surface area contributed by atoms with Crippen LogP contribution in [0.4, 0.5) is 14.9 Å². The Hall–Kier alpha value is -2.06. The van der Waals surface area contributed by atoms with Gasteiger partial charge in [0.05, 0.1) is 30.0 Å². The molecule has 9 heteroatoms. The fourth-order valence-corrected chi connectivity index (χ4v) is 2.73. The Morgan fingerprint density at radius 2 is 2.24 bits per heavy atom. The third-order valence-electron chi connectivity index (χ3n) is 3.62. The van der Waals surface area contributed by atoms with Crippen molar-refractivity contribution in [3.05, 3.63) is 23.0 Å². The van der Waals surface area contributed by atoms with E-state index in [0.29, 0.717) is 0 Å². The number of methoxy groups -OCH3 is 1. The Morgan fingerprint density at radius 3 is 2.84 bits per heavy atom. The van der Waals surface area contributed by atoms with Crippen molar-refractivity contribution in [3.63, 3.8) is 0 Å². The average molecular weight is 376 g/mol. The van der Waals surface area contributed by atoms with Crippen LogP contribution in [0.5, 0.6) is 5.75 Å². The van der Waals surface area contributed by atoms with Gasteiger partial charge in [-0.3, -0.25) is 0 Å². The zero-order valence-corrected chi connectivity index (χ0v) is 14.8. The number of ether oxygens (including phenoxy) is 2. The number of esters is 1. The second-order valence-corrected chi connectivity index (χ2v) is 6.32. The Morgan fingerprint density at radius 1 is 1.52 bits per heavy atom. The molecule has 2 rings (SSSR count). The van der Waals surface area contributed by atoms with Crippen molar-refractivity contribution >= 4 is 29.3 Å². The molecule has 1 saturated heterocycles. The van der Waals surface area contributed by atoms with Gasteiger partial charge in [0, 0.05) is 19.0 Å². The molecule has 2 atom stereocenters. The van der Waals surface area contributed by atoms with Gasteiger partial charge in [-0.05, 0) is 19.9 Å². The van der Waals surface area contributed by atoms with Crippen LogP contribution < -0.4 is 10.1 Å². The van der Waals surface area contributed by atoms with Gasteiger partial charge < -0.3 is 24.8 Å². The van der Waals surface area contributed by atoms with Crippen LogP contribution in [-0.2, 0) is 9.53 Å². The molecule has 138 valence electrons. The number of carbonyl (C=O) groups excluding carboxylic acids is 2. The first-order chi connectivity index (χ1) is 12.3. The van der Waals surface area contributed by atoms with Crippen LogP contribution in [0.3, 0.4) is 0 Å². The van der Waals surface area contributed by atoms with Crippen LogP contribution in [0.2, 0.25) is 5.02 Å². The topological polar surface area (TPSA) is 88.1 Å². The molecule has 25 heavy (non-hydrogen) atoms. The SMILES string of the molecule is [2H]O[C@H]1C[C@@H](C(=O)OC)N(C(=O)Nc2cc(OC(C)C)c(Cl)cc2F)C1. The minimum atomic E-state index is -0.919. The molecule has 0 aromatic heterocycles. The number of hydrogen-bond donors (Lipinski definition) is 2. The fourth-order valence-electron chi connectivity index (χ4n) is 2.54. The van der Waals surface area contributed by atoms with Gasteiger partial charge in [0.2, 0.25) is 1.43 Å². The fraction of sp³-hybridized carbons (Fsp3) is 0.500. The first-order valence-corrected chi connectivity index (χ1v) is 8.07. The summed E-state index contributed by atoms with van der Waals surface area (Å²) in [6.45, 7) is 3.56. The zero-order valence-electron chi connectivity index (χ0n) is 15.0. The number of amides is 2. The number of halogens is 2. The maximum absolute atomic E-state index is 14.2. The lowest BCUT2D eigenvalue weighted by Crippen LogP contribution is -2.43. The number of anilines is 1. The molecule has 1 aliphatic rings. The van der Waals surface area contributed by atoms with E-state index in [1.807, 2.05) is 0 Å². The number of aliphatic hydroxyl groups is 1. The van der Waals surface area contributed by atoms with E-state index in [1.54, 1.807) is 13.8 Å². The first kappa shape index (κ1) is 17.8. The standard InChI is InChI=1S/C16H20ClFN2O5/c1-8(2)25-14-6-12(11(18)5-10(14)17)19-16(23)20-7-9(21)4-13(20)15(22)24-3/h5-6,8-9,13,21H,4,7H2,1-3H3,(H,19,23)/t9-,13-/m0/s1/i21D. The summed E-state index contributed by atoms with van der Waals surface area (Å²) in [6, 6.07) is 0.664. The lowest BCUT2D eigenvalue weighted by Gasteiger charge is -2.23. The highest BCUT2D eigenvalue weighted by Gasteiger charge is 2.40. The average Bonchev–Trinajstić information content (AvgIpc) is 3.02. The Labute approximate surface area is 151 Å². The molecule has 1 heterocycles. The predicted octanol–water partition coefficient (Wildman–Crippen LogP) is 2.41. The van der Waals surface area contributed by atoms with E-state index in [1.165, 1.54) is 13.2 Å². The van der Waals surface area contributed by atoms with Crippen LogP contribution in [0.15, 0.2) is 12.1 Å². The summed E-state index contributed by atoms with van der Waals surface area (Å²) >= 11 is 5.94. The van der Waals surface area contributed by atoms with Crippen molar-refractivity contribution in [2.75, 3.05) is 19.0 Å². The molecule has 1 aliphatic heterocycles. The van der Waals surface area contributed by atoms with Crippen molar-refractivity contribution in [3.8, 4) is 5.75 Å². The zero-order chi connectivity index (χ0) is 19.4. The molecule has 0 aliphatic carbocycles. The second kappa shape index (κ2) is 7.88. The Bertz CT molecular complexity index is 691. The predicted molar refractivity (Wildman–Crippen MR) is 89.3 cm³/mol. The van der Waals surface area contributed by atoms with E-state index in [9.17, 15) is 14.0 Å². The molecular weight excluding hydrogens is 355 g/mol. The van der Waals surface area contributed by atoms with E-state index in [4.69, 9.17) is 17.8 Å².